The lowest BCUT2D eigenvalue weighted by Gasteiger charge is -2.37. The number of hydrogen-bond acceptors (Lipinski definition) is 2. The highest BCUT2D eigenvalue weighted by atomic mass is 14.9. The first kappa shape index (κ1) is 16.0. The molecular weight excluding hydrogens is 220 g/mol. The van der Waals surface area contributed by atoms with Gasteiger partial charge in [0.05, 0.1) is 0 Å². The maximum Gasteiger partial charge on any atom is 0.00199 e. The van der Waals surface area contributed by atoms with Gasteiger partial charge in [0.1, 0.15) is 0 Å². The van der Waals surface area contributed by atoms with Crippen LogP contribution in [0.15, 0.2) is 0 Å². The van der Waals surface area contributed by atoms with Crippen LogP contribution in [0.1, 0.15) is 71.6 Å². The van der Waals surface area contributed by atoms with E-state index in [2.05, 4.69) is 24.5 Å². The van der Waals surface area contributed by atoms with Gasteiger partial charge in [-0.05, 0) is 44.2 Å². The molecule has 0 spiro atoms. The Morgan fingerprint density at radius 3 is 2.50 bits per heavy atom. The fourth-order valence-corrected chi connectivity index (χ4v) is 2.99. The lowest BCUT2D eigenvalue weighted by molar-refractivity contribution is 0.192. The molecule has 1 rings (SSSR count). The van der Waals surface area contributed by atoms with E-state index in [0.29, 0.717) is 5.41 Å². The van der Waals surface area contributed by atoms with Crippen LogP contribution in [0.3, 0.4) is 0 Å². The average Bonchev–Trinajstić information content (AvgIpc) is 2.43. The minimum Gasteiger partial charge on any atom is -0.316 e. The van der Waals surface area contributed by atoms with E-state index in [1.54, 1.807) is 0 Å². The molecule has 0 radical (unpaired) electrons. The third-order valence-electron chi connectivity index (χ3n) is 4.52. The maximum absolute atomic E-state index is 3.70. The summed E-state index contributed by atoms with van der Waals surface area (Å²) in [5.74, 6) is 0. The van der Waals surface area contributed by atoms with Crippen LogP contribution < -0.4 is 10.6 Å². The lowest BCUT2D eigenvalue weighted by Crippen LogP contribution is -2.46. The third kappa shape index (κ3) is 6.19. The van der Waals surface area contributed by atoms with E-state index in [9.17, 15) is 0 Å². The molecule has 2 N–H and O–H groups in total. The molecule has 1 aliphatic heterocycles. The van der Waals surface area contributed by atoms with Crippen LogP contribution in [0.25, 0.3) is 0 Å². The van der Waals surface area contributed by atoms with E-state index in [-0.39, 0.29) is 0 Å². The monoisotopic (exact) mass is 254 g/mol. The van der Waals surface area contributed by atoms with Gasteiger partial charge in [0.2, 0.25) is 0 Å². The van der Waals surface area contributed by atoms with Crippen LogP contribution >= 0.6 is 0 Å². The average molecular weight is 254 g/mol. The largest absolute Gasteiger partial charge is 0.316 e. The summed E-state index contributed by atoms with van der Waals surface area (Å²) in [5, 5.41) is 7.26. The minimum absolute atomic E-state index is 0.542. The molecule has 1 unspecified atom stereocenters. The molecule has 0 bridgehead atoms. The number of nitrogens with one attached hydrogen (secondary N) is 2. The van der Waals surface area contributed by atoms with Gasteiger partial charge in [-0.1, -0.05) is 46.0 Å². The van der Waals surface area contributed by atoms with E-state index >= 15 is 0 Å². The number of piperidine rings is 1. The summed E-state index contributed by atoms with van der Waals surface area (Å²) >= 11 is 0. The molecule has 2 nitrogen and oxygen atoms in total. The van der Waals surface area contributed by atoms with Gasteiger partial charge in [-0.15, -0.1) is 0 Å². The Bertz CT molecular complexity index is 186. The summed E-state index contributed by atoms with van der Waals surface area (Å²) < 4.78 is 0. The SMILES string of the molecule is CCCCCCCCNCC1(CC)CCCNC1. The molecule has 0 aromatic rings. The Morgan fingerprint density at radius 1 is 1.06 bits per heavy atom. The van der Waals surface area contributed by atoms with Crippen molar-refractivity contribution in [3.63, 3.8) is 0 Å². The Morgan fingerprint density at radius 2 is 1.83 bits per heavy atom. The van der Waals surface area contributed by atoms with Crippen LogP contribution in [-0.2, 0) is 0 Å². The number of unbranched alkanes of at least 4 members (excludes halogenated alkanes) is 5. The molecule has 0 aliphatic carbocycles. The van der Waals surface area contributed by atoms with Crippen LogP contribution in [-0.4, -0.2) is 26.2 Å². The highest BCUT2D eigenvalue weighted by molar-refractivity contribution is 4.86. The van der Waals surface area contributed by atoms with E-state index in [1.807, 2.05) is 0 Å². The van der Waals surface area contributed by atoms with E-state index in [4.69, 9.17) is 0 Å². The molecule has 0 aromatic carbocycles. The minimum atomic E-state index is 0.542. The summed E-state index contributed by atoms with van der Waals surface area (Å²) in [6.45, 7) is 9.49. The topological polar surface area (TPSA) is 24.1 Å². The summed E-state index contributed by atoms with van der Waals surface area (Å²) in [6.07, 6.45) is 12.5. The van der Waals surface area contributed by atoms with Crippen molar-refractivity contribution in [2.24, 2.45) is 5.41 Å². The Balaban J connectivity index is 1.98. The zero-order chi connectivity index (χ0) is 13.1. The maximum atomic E-state index is 3.70. The fraction of sp³-hybridized carbons (Fsp3) is 1.00. The van der Waals surface area contributed by atoms with Crippen molar-refractivity contribution in [2.45, 2.75) is 71.6 Å². The molecule has 1 atom stereocenters. The van der Waals surface area contributed by atoms with Crippen molar-refractivity contribution in [3.05, 3.63) is 0 Å². The van der Waals surface area contributed by atoms with Gasteiger partial charge in [0.25, 0.3) is 0 Å². The van der Waals surface area contributed by atoms with E-state index in [0.717, 1.165) is 0 Å². The molecule has 1 saturated heterocycles. The molecule has 0 saturated carbocycles. The molecular formula is C16H34N2. The van der Waals surface area contributed by atoms with E-state index in [1.165, 1.54) is 84.0 Å². The van der Waals surface area contributed by atoms with Crippen LogP contribution in [0.2, 0.25) is 0 Å². The Kier molecular flexibility index (Phi) is 8.70. The number of rotatable bonds is 10. The highest BCUT2D eigenvalue weighted by Crippen LogP contribution is 2.28. The van der Waals surface area contributed by atoms with Crippen molar-refractivity contribution in [1.29, 1.82) is 0 Å². The van der Waals surface area contributed by atoms with Crippen LogP contribution in [0.4, 0.5) is 0 Å². The van der Waals surface area contributed by atoms with Crippen molar-refractivity contribution in [3.8, 4) is 0 Å². The molecule has 0 amide bonds. The first-order chi connectivity index (χ1) is 8.83. The molecule has 0 aromatic heterocycles. The normalized spacial score (nSPS) is 24.3. The third-order valence-corrected chi connectivity index (χ3v) is 4.52. The summed E-state index contributed by atoms with van der Waals surface area (Å²) in [4.78, 5) is 0. The molecule has 1 heterocycles. The van der Waals surface area contributed by atoms with Crippen molar-refractivity contribution in [2.75, 3.05) is 26.2 Å². The smallest absolute Gasteiger partial charge is 0.00199 e. The van der Waals surface area contributed by atoms with Gasteiger partial charge in [-0.25, -0.2) is 0 Å². The number of hydrogen-bond donors (Lipinski definition) is 2. The van der Waals surface area contributed by atoms with Crippen LogP contribution in [0, 0.1) is 5.41 Å². The zero-order valence-electron chi connectivity index (χ0n) is 12.7. The molecule has 1 fully saturated rings. The lowest BCUT2D eigenvalue weighted by atomic mass is 9.78. The zero-order valence-corrected chi connectivity index (χ0v) is 12.7. The molecule has 2 heteroatoms. The van der Waals surface area contributed by atoms with E-state index < -0.39 is 0 Å². The predicted molar refractivity (Wildman–Crippen MR) is 81.1 cm³/mol. The Hall–Kier alpha value is -0.0800. The molecule has 1 aliphatic rings. The van der Waals surface area contributed by atoms with Gasteiger partial charge in [0.15, 0.2) is 0 Å². The van der Waals surface area contributed by atoms with Gasteiger partial charge in [0, 0.05) is 13.1 Å². The van der Waals surface area contributed by atoms with Gasteiger partial charge in [-0.3, -0.25) is 0 Å². The van der Waals surface area contributed by atoms with Crippen molar-refractivity contribution >= 4 is 0 Å². The quantitative estimate of drug-likeness (QED) is 0.581. The first-order valence-corrected chi connectivity index (χ1v) is 8.24. The Labute approximate surface area is 114 Å². The second-order valence-electron chi connectivity index (χ2n) is 6.08. The summed E-state index contributed by atoms with van der Waals surface area (Å²) in [7, 11) is 0. The van der Waals surface area contributed by atoms with Gasteiger partial charge >= 0.3 is 0 Å². The van der Waals surface area contributed by atoms with Crippen molar-refractivity contribution in [1.82, 2.24) is 10.6 Å². The second kappa shape index (κ2) is 9.80. The van der Waals surface area contributed by atoms with Gasteiger partial charge < -0.3 is 10.6 Å². The molecule has 108 valence electrons. The predicted octanol–water partition coefficient (Wildman–Crippen LogP) is 3.72. The molecule has 18 heavy (non-hydrogen) atoms. The first-order valence-electron chi connectivity index (χ1n) is 8.24. The van der Waals surface area contributed by atoms with Crippen molar-refractivity contribution < 1.29 is 0 Å². The van der Waals surface area contributed by atoms with Crippen LogP contribution in [0.5, 0.6) is 0 Å². The highest BCUT2D eigenvalue weighted by Gasteiger charge is 2.29. The van der Waals surface area contributed by atoms with Gasteiger partial charge in [-0.2, -0.15) is 0 Å². The fourth-order valence-electron chi connectivity index (χ4n) is 2.99. The second-order valence-corrected chi connectivity index (χ2v) is 6.08. The summed E-state index contributed by atoms with van der Waals surface area (Å²) in [6, 6.07) is 0. The summed E-state index contributed by atoms with van der Waals surface area (Å²) in [5.41, 5.74) is 0.542. The standard InChI is InChI=1S/C16H34N2/c1-3-5-6-7-8-9-12-17-14-16(4-2)11-10-13-18-15-16/h17-18H,3-15H2,1-2H3.